The molecule has 0 aliphatic rings. The van der Waals surface area contributed by atoms with Gasteiger partial charge < -0.3 is 5.11 Å². The largest absolute Gasteiger partial charge is 0.476 e. The Morgan fingerprint density at radius 3 is 2.71 bits per heavy atom. The number of hydrogen-bond acceptors (Lipinski definition) is 4. The summed E-state index contributed by atoms with van der Waals surface area (Å²) >= 11 is 0. The number of rotatable bonds is 3. The second-order valence-electron chi connectivity index (χ2n) is 4.82. The van der Waals surface area contributed by atoms with Crippen molar-refractivity contribution in [3.63, 3.8) is 0 Å². The van der Waals surface area contributed by atoms with E-state index >= 15 is 0 Å². The van der Waals surface area contributed by atoms with Crippen molar-refractivity contribution in [2.75, 3.05) is 0 Å². The number of aromatic carboxylic acids is 1. The minimum absolute atomic E-state index is 0.0132. The summed E-state index contributed by atoms with van der Waals surface area (Å²) in [6, 6.07) is 1.81. The second-order valence-corrected chi connectivity index (χ2v) is 4.82. The fourth-order valence-electron chi connectivity index (χ4n) is 2.50. The van der Waals surface area contributed by atoms with Crippen molar-refractivity contribution in [1.29, 1.82) is 0 Å². The third kappa shape index (κ3) is 1.97. The number of aryl methyl sites for hydroxylation is 3. The third-order valence-electron chi connectivity index (χ3n) is 3.49. The van der Waals surface area contributed by atoms with Crippen molar-refractivity contribution in [2.45, 2.75) is 20.4 Å². The lowest BCUT2D eigenvalue weighted by atomic mass is 10.0. The van der Waals surface area contributed by atoms with Crippen LogP contribution in [0.3, 0.4) is 0 Å². The molecule has 0 atom stereocenters. The molecule has 0 saturated heterocycles. The summed E-state index contributed by atoms with van der Waals surface area (Å²) in [7, 11) is 1.69. The van der Waals surface area contributed by atoms with Crippen molar-refractivity contribution in [3.05, 3.63) is 29.8 Å². The molecule has 0 saturated carbocycles. The molecule has 0 aromatic carbocycles. The minimum Gasteiger partial charge on any atom is -0.476 e. The number of pyridine rings is 1. The fraction of sp³-hybridized carbons (Fsp3) is 0.286. The Morgan fingerprint density at radius 1 is 1.33 bits per heavy atom. The van der Waals surface area contributed by atoms with Crippen molar-refractivity contribution in [3.8, 4) is 11.1 Å². The van der Waals surface area contributed by atoms with E-state index in [-0.39, 0.29) is 5.69 Å². The van der Waals surface area contributed by atoms with Crippen LogP contribution in [0.5, 0.6) is 0 Å². The van der Waals surface area contributed by atoms with Crippen LogP contribution < -0.4 is 0 Å². The molecular weight excluding hydrogens is 270 g/mol. The monoisotopic (exact) mass is 285 g/mol. The predicted octanol–water partition coefficient (Wildman–Crippen LogP) is 1.86. The summed E-state index contributed by atoms with van der Waals surface area (Å²) in [5, 5.41) is 18.4. The standard InChI is InChI=1S/C14H15N5O2/c1-4-19-7-10(8(2)16-19)9-5-6-15-13-11(9)12(14(20)21)17-18(13)3/h5-7H,4H2,1-3H3,(H,20,21). The Bertz CT molecular complexity index is 847. The Labute approximate surface area is 120 Å². The maximum absolute atomic E-state index is 11.4. The van der Waals surface area contributed by atoms with E-state index in [0.717, 1.165) is 23.4 Å². The summed E-state index contributed by atoms with van der Waals surface area (Å²) in [6.07, 6.45) is 3.58. The van der Waals surface area contributed by atoms with Crippen LogP contribution in [0.2, 0.25) is 0 Å². The van der Waals surface area contributed by atoms with Gasteiger partial charge in [0, 0.05) is 37.1 Å². The summed E-state index contributed by atoms with van der Waals surface area (Å²) < 4.78 is 3.32. The van der Waals surface area contributed by atoms with E-state index in [4.69, 9.17) is 0 Å². The minimum atomic E-state index is -1.06. The summed E-state index contributed by atoms with van der Waals surface area (Å²) in [5.41, 5.74) is 3.11. The van der Waals surface area contributed by atoms with Crippen LogP contribution in [0, 0.1) is 6.92 Å². The van der Waals surface area contributed by atoms with Gasteiger partial charge in [0.2, 0.25) is 0 Å². The average Bonchev–Trinajstić information content (AvgIpc) is 3.00. The molecule has 3 heterocycles. The molecule has 0 bridgehead atoms. The molecule has 0 aliphatic carbocycles. The van der Waals surface area contributed by atoms with Crippen LogP contribution in [0.15, 0.2) is 18.5 Å². The van der Waals surface area contributed by atoms with Gasteiger partial charge >= 0.3 is 5.97 Å². The molecular formula is C14H15N5O2. The van der Waals surface area contributed by atoms with Gasteiger partial charge in [-0.25, -0.2) is 14.5 Å². The molecule has 3 aromatic heterocycles. The third-order valence-corrected chi connectivity index (χ3v) is 3.49. The van der Waals surface area contributed by atoms with Crippen LogP contribution in [-0.2, 0) is 13.6 Å². The average molecular weight is 285 g/mol. The normalized spacial score (nSPS) is 11.2. The Hall–Kier alpha value is -2.70. The van der Waals surface area contributed by atoms with Crippen LogP contribution in [0.1, 0.15) is 23.1 Å². The Kier molecular flexibility index (Phi) is 2.97. The van der Waals surface area contributed by atoms with E-state index in [1.165, 1.54) is 4.68 Å². The van der Waals surface area contributed by atoms with Gasteiger partial charge in [-0.2, -0.15) is 10.2 Å². The highest BCUT2D eigenvalue weighted by Crippen LogP contribution is 2.31. The predicted molar refractivity (Wildman–Crippen MR) is 77.1 cm³/mol. The van der Waals surface area contributed by atoms with Crippen molar-refractivity contribution >= 4 is 17.0 Å². The first-order chi connectivity index (χ1) is 10.0. The zero-order valence-electron chi connectivity index (χ0n) is 12.0. The molecule has 3 rings (SSSR count). The molecule has 1 N–H and O–H groups in total. The van der Waals surface area contributed by atoms with Crippen molar-refractivity contribution in [1.82, 2.24) is 24.5 Å². The number of hydrogen-bond donors (Lipinski definition) is 1. The quantitative estimate of drug-likeness (QED) is 0.793. The lowest BCUT2D eigenvalue weighted by molar-refractivity contribution is 0.0691. The number of carboxylic acids is 1. The first kappa shape index (κ1) is 13.3. The molecule has 0 aliphatic heterocycles. The molecule has 0 amide bonds. The number of fused-ring (bicyclic) bond motifs is 1. The van der Waals surface area contributed by atoms with Crippen LogP contribution >= 0.6 is 0 Å². The highest BCUT2D eigenvalue weighted by atomic mass is 16.4. The van der Waals surface area contributed by atoms with Gasteiger partial charge in [0.1, 0.15) is 0 Å². The number of carboxylic acid groups (broad SMARTS) is 1. The van der Waals surface area contributed by atoms with Gasteiger partial charge in [0.15, 0.2) is 11.3 Å². The zero-order valence-corrected chi connectivity index (χ0v) is 12.0. The molecule has 21 heavy (non-hydrogen) atoms. The maximum atomic E-state index is 11.4. The number of nitrogens with zero attached hydrogens (tertiary/aromatic N) is 5. The fourth-order valence-corrected chi connectivity index (χ4v) is 2.50. The van der Waals surface area contributed by atoms with Gasteiger partial charge in [-0.15, -0.1) is 0 Å². The first-order valence-corrected chi connectivity index (χ1v) is 6.62. The lowest BCUT2D eigenvalue weighted by Gasteiger charge is -2.02. The summed E-state index contributed by atoms with van der Waals surface area (Å²) in [6.45, 7) is 4.67. The van der Waals surface area contributed by atoms with E-state index in [1.807, 2.05) is 24.7 Å². The van der Waals surface area contributed by atoms with Gasteiger partial charge in [0.25, 0.3) is 0 Å². The van der Waals surface area contributed by atoms with Gasteiger partial charge in [-0.1, -0.05) is 0 Å². The van der Waals surface area contributed by atoms with Gasteiger partial charge in [0.05, 0.1) is 11.1 Å². The molecule has 0 fully saturated rings. The van der Waals surface area contributed by atoms with E-state index in [0.29, 0.717) is 11.0 Å². The Morgan fingerprint density at radius 2 is 2.10 bits per heavy atom. The Balaban J connectivity index is 2.37. The molecule has 0 spiro atoms. The van der Waals surface area contributed by atoms with Crippen LogP contribution in [0.25, 0.3) is 22.2 Å². The second kappa shape index (κ2) is 4.69. The maximum Gasteiger partial charge on any atom is 0.357 e. The number of carbonyl (C=O) groups is 1. The molecule has 0 radical (unpaired) electrons. The molecule has 7 nitrogen and oxygen atoms in total. The number of aromatic nitrogens is 5. The van der Waals surface area contributed by atoms with Gasteiger partial charge in [-0.3, -0.25) is 4.68 Å². The van der Waals surface area contributed by atoms with Gasteiger partial charge in [-0.05, 0) is 19.9 Å². The zero-order chi connectivity index (χ0) is 15.1. The van der Waals surface area contributed by atoms with E-state index in [9.17, 15) is 9.90 Å². The highest BCUT2D eigenvalue weighted by molar-refractivity contribution is 6.07. The molecule has 0 unspecified atom stereocenters. The summed E-state index contributed by atoms with van der Waals surface area (Å²) in [5.74, 6) is -1.06. The van der Waals surface area contributed by atoms with Crippen molar-refractivity contribution in [2.24, 2.45) is 7.05 Å². The van der Waals surface area contributed by atoms with E-state index in [1.54, 1.807) is 19.3 Å². The molecule has 108 valence electrons. The van der Waals surface area contributed by atoms with Crippen LogP contribution in [0.4, 0.5) is 0 Å². The highest BCUT2D eigenvalue weighted by Gasteiger charge is 2.21. The van der Waals surface area contributed by atoms with E-state index < -0.39 is 5.97 Å². The smallest absolute Gasteiger partial charge is 0.357 e. The van der Waals surface area contributed by atoms with Crippen molar-refractivity contribution < 1.29 is 9.90 Å². The molecule has 3 aromatic rings. The lowest BCUT2D eigenvalue weighted by Crippen LogP contribution is -1.99. The first-order valence-electron chi connectivity index (χ1n) is 6.62. The topological polar surface area (TPSA) is 85.8 Å². The van der Waals surface area contributed by atoms with E-state index in [2.05, 4.69) is 15.2 Å². The summed E-state index contributed by atoms with van der Waals surface area (Å²) in [4.78, 5) is 15.7. The SMILES string of the molecule is CCn1cc(-c2ccnc3c2c(C(=O)O)nn3C)c(C)n1. The van der Waals surface area contributed by atoms with Crippen LogP contribution in [-0.4, -0.2) is 35.6 Å². The molecule has 7 heteroatoms.